The molecule has 0 spiro atoms. The molecule has 106 valence electrons. The highest BCUT2D eigenvalue weighted by Gasteiger charge is 2.32. The van der Waals surface area contributed by atoms with Crippen LogP contribution in [0.4, 0.5) is 0 Å². The molecule has 1 atom stereocenters. The van der Waals surface area contributed by atoms with Crippen molar-refractivity contribution in [3.63, 3.8) is 0 Å². The summed E-state index contributed by atoms with van der Waals surface area (Å²) in [6.07, 6.45) is 1.70. The summed E-state index contributed by atoms with van der Waals surface area (Å²) >= 11 is 3.44. The summed E-state index contributed by atoms with van der Waals surface area (Å²) in [7, 11) is 0. The van der Waals surface area contributed by atoms with Crippen molar-refractivity contribution < 1.29 is 14.2 Å². The molecule has 0 bridgehead atoms. The predicted octanol–water partition coefficient (Wildman–Crippen LogP) is 3.53. The zero-order chi connectivity index (χ0) is 14.2. The molecule has 1 aromatic heterocycles. The van der Waals surface area contributed by atoms with Crippen molar-refractivity contribution in [1.82, 2.24) is 4.98 Å². The molecular formula is C15H16BrNO3. The Kier molecular flexibility index (Phi) is 3.67. The fourth-order valence-electron chi connectivity index (χ4n) is 2.19. The van der Waals surface area contributed by atoms with Crippen molar-refractivity contribution in [2.75, 3.05) is 13.2 Å². The third-order valence-electron chi connectivity index (χ3n) is 3.12. The summed E-state index contributed by atoms with van der Waals surface area (Å²) in [4.78, 5) is 4.39. The third-order valence-corrected chi connectivity index (χ3v) is 3.62. The van der Waals surface area contributed by atoms with Gasteiger partial charge in [-0.25, -0.2) is 0 Å². The fourth-order valence-corrected chi connectivity index (χ4v) is 2.54. The van der Waals surface area contributed by atoms with Gasteiger partial charge in [0.05, 0.1) is 18.3 Å². The first-order valence-corrected chi connectivity index (χ1v) is 7.31. The average molecular weight is 338 g/mol. The Morgan fingerprint density at radius 1 is 1.40 bits per heavy atom. The van der Waals surface area contributed by atoms with Crippen LogP contribution in [0.2, 0.25) is 0 Å². The van der Waals surface area contributed by atoms with Gasteiger partial charge in [-0.15, -0.1) is 0 Å². The van der Waals surface area contributed by atoms with Crippen molar-refractivity contribution in [2.45, 2.75) is 25.7 Å². The highest BCUT2D eigenvalue weighted by molar-refractivity contribution is 9.10. The Morgan fingerprint density at radius 3 is 3.00 bits per heavy atom. The van der Waals surface area contributed by atoms with E-state index < -0.39 is 5.79 Å². The molecule has 0 N–H and O–H groups in total. The number of hydrogen-bond acceptors (Lipinski definition) is 4. The molecule has 5 heteroatoms. The van der Waals surface area contributed by atoms with Crippen LogP contribution >= 0.6 is 15.9 Å². The highest BCUT2D eigenvalue weighted by atomic mass is 79.9. The lowest BCUT2D eigenvalue weighted by atomic mass is 10.2. The fraction of sp³-hybridized carbons (Fsp3) is 0.400. The molecule has 20 heavy (non-hydrogen) atoms. The van der Waals surface area contributed by atoms with Gasteiger partial charge in [0.15, 0.2) is 5.79 Å². The second-order valence-corrected chi connectivity index (χ2v) is 6.19. The van der Waals surface area contributed by atoms with Gasteiger partial charge in [0.25, 0.3) is 0 Å². The van der Waals surface area contributed by atoms with Crippen molar-refractivity contribution >= 4 is 26.8 Å². The molecule has 3 rings (SSSR count). The molecule has 1 fully saturated rings. The molecule has 2 aromatic rings. The maximum Gasteiger partial charge on any atom is 0.163 e. The number of ether oxygens (including phenoxy) is 3. The molecule has 4 nitrogen and oxygen atoms in total. The van der Waals surface area contributed by atoms with Gasteiger partial charge in [0.2, 0.25) is 0 Å². The maximum atomic E-state index is 5.74. The van der Waals surface area contributed by atoms with Crippen LogP contribution in [0.5, 0.6) is 5.75 Å². The van der Waals surface area contributed by atoms with Crippen LogP contribution < -0.4 is 4.74 Å². The molecule has 2 heterocycles. The Hall–Kier alpha value is -1.17. The largest absolute Gasteiger partial charge is 0.489 e. The molecule has 1 aliphatic rings. The first kappa shape index (κ1) is 13.8. The lowest BCUT2D eigenvalue weighted by molar-refractivity contribution is -0.141. The van der Waals surface area contributed by atoms with E-state index in [1.54, 1.807) is 6.20 Å². The van der Waals surface area contributed by atoms with Crippen LogP contribution in [0.1, 0.15) is 13.8 Å². The van der Waals surface area contributed by atoms with Crippen molar-refractivity contribution in [3.05, 3.63) is 34.9 Å². The molecule has 0 aliphatic carbocycles. The lowest BCUT2D eigenvalue weighted by Crippen LogP contribution is -2.25. The molecule has 1 aliphatic heterocycles. The second-order valence-electron chi connectivity index (χ2n) is 5.27. The highest BCUT2D eigenvalue weighted by Crippen LogP contribution is 2.24. The zero-order valence-corrected chi connectivity index (χ0v) is 13.0. The minimum Gasteiger partial charge on any atom is -0.489 e. The van der Waals surface area contributed by atoms with Gasteiger partial charge >= 0.3 is 0 Å². The van der Waals surface area contributed by atoms with E-state index in [4.69, 9.17) is 14.2 Å². The molecular weight excluding hydrogens is 322 g/mol. The quantitative estimate of drug-likeness (QED) is 0.859. The van der Waals surface area contributed by atoms with Crippen molar-refractivity contribution in [3.8, 4) is 5.75 Å². The number of rotatable bonds is 3. The minimum absolute atomic E-state index is 0.0365. The SMILES string of the molecule is CC1(C)OCC(COc2cnc3cc(Br)ccc3c2)O1. The first-order chi connectivity index (χ1) is 9.52. The van der Waals surface area contributed by atoms with Crippen LogP contribution in [0.3, 0.4) is 0 Å². The summed E-state index contributed by atoms with van der Waals surface area (Å²) in [5, 5.41) is 1.05. The number of nitrogens with zero attached hydrogens (tertiary/aromatic N) is 1. The maximum absolute atomic E-state index is 5.74. The van der Waals surface area contributed by atoms with Crippen molar-refractivity contribution in [1.29, 1.82) is 0 Å². The van der Waals surface area contributed by atoms with Crippen LogP contribution in [0, 0.1) is 0 Å². The van der Waals surface area contributed by atoms with Crippen LogP contribution in [-0.4, -0.2) is 30.1 Å². The first-order valence-electron chi connectivity index (χ1n) is 6.52. The Balaban J connectivity index is 1.67. The molecule has 1 aromatic carbocycles. The normalized spacial score (nSPS) is 21.2. The topological polar surface area (TPSA) is 40.6 Å². The molecule has 0 radical (unpaired) electrons. The summed E-state index contributed by atoms with van der Waals surface area (Å²) < 4.78 is 18.0. The molecule has 0 saturated carbocycles. The van der Waals surface area contributed by atoms with Gasteiger partial charge in [0.1, 0.15) is 18.5 Å². The van der Waals surface area contributed by atoms with Crippen molar-refractivity contribution in [2.24, 2.45) is 0 Å². The Bertz CT molecular complexity index is 630. The van der Waals surface area contributed by atoms with E-state index in [1.165, 1.54) is 0 Å². The summed E-state index contributed by atoms with van der Waals surface area (Å²) in [6, 6.07) is 7.97. The van der Waals surface area contributed by atoms with E-state index >= 15 is 0 Å². The number of hydrogen-bond donors (Lipinski definition) is 0. The van der Waals surface area contributed by atoms with Crippen LogP contribution in [-0.2, 0) is 9.47 Å². The standard InChI is InChI=1S/C15H16BrNO3/c1-15(2)19-9-13(20-15)8-18-12-5-10-3-4-11(16)6-14(10)17-7-12/h3-7,13H,8-9H2,1-2H3. The Labute approximate surface area is 126 Å². The minimum atomic E-state index is -0.512. The van der Waals surface area contributed by atoms with E-state index in [1.807, 2.05) is 38.1 Å². The molecule has 0 amide bonds. The van der Waals surface area contributed by atoms with E-state index in [2.05, 4.69) is 20.9 Å². The predicted molar refractivity (Wildman–Crippen MR) is 79.8 cm³/mol. The van der Waals surface area contributed by atoms with E-state index in [0.29, 0.717) is 13.2 Å². The number of fused-ring (bicyclic) bond motifs is 1. The summed E-state index contributed by atoms with van der Waals surface area (Å²) in [5.74, 6) is 0.232. The number of pyridine rings is 1. The van der Waals surface area contributed by atoms with E-state index in [0.717, 1.165) is 21.1 Å². The zero-order valence-electron chi connectivity index (χ0n) is 11.4. The van der Waals surface area contributed by atoms with Gasteiger partial charge in [-0.3, -0.25) is 4.98 Å². The molecule has 1 unspecified atom stereocenters. The van der Waals surface area contributed by atoms with E-state index in [9.17, 15) is 0 Å². The van der Waals surface area contributed by atoms with Gasteiger partial charge in [-0.1, -0.05) is 22.0 Å². The smallest absolute Gasteiger partial charge is 0.163 e. The number of halogens is 1. The van der Waals surface area contributed by atoms with Gasteiger partial charge < -0.3 is 14.2 Å². The number of benzene rings is 1. The second kappa shape index (κ2) is 5.31. The Morgan fingerprint density at radius 2 is 2.25 bits per heavy atom. The monoisotopic (exact) mass is 337 g/mol. The van der Waals surface area contributed by atoms with Crippen LogP contribution in [0.25, 0.3) is 10.9 Å². The third kappa shape index (κ3) is 3.11. The molecule has 1 saturated heterocycles. The van der Waals surface area contributed by atoms with Gasteiger partial charge in [0, 0.05) is 9.86 Å². The summed E-state index contributed by atoms with van der Waals surface area (Å²) in [5.41, 5.74) is 0.938. The van der Waals surface area contributed by atoms with Gasteiger partial charge in [-0.05, 0) is 32.0 Å². The van der Waals surface area contributed by atoms with Gasteiger partial charge in [-0.2, -0.15) is 0 Å². The van der Waals surface area contributed by atoms with Crippen LogP contribution in [0.15, 0.2) is 34.9 Å². The lowest BCUT2D eigenvalue weighted by Gasteiger charge is -2.17. The summed E-state index contributed by atoms with van der Waals surface area (Å²) in [6.45, 7) is 4.83. The number of aromatic nitrogens is 1. The average Bonchev–Trinajstić information content (AvgIpc) is 2.76. The van der Waals surface area contributed by atoms with E-state index in [-0.39, 0.29) is 6.10 Å².